The molecule has 0 bridgehead atoms. The number of hydrogen-bond acceptors (Lipinski definition) is 7. The Kier molecular flexibility index (Phi) is 7.00. The summed E-state index contributed by atoms with van der Waals surface area (Å²) in [5.74, 6) is -0.145. The van der Waals surface area contributed by atoms with Crippen LogP contribution in [0.2, 0.25) is 0 Å². The van der Waals surface area contributed by atoms with Crippen LogP contribution in [0.3, 0.4) is 0 Å². The van der Waals surface area contributed by atoms with Gasteiger partial charge < -0.3 is 4.74 Å². The molecule has 0 amide bonds. The van der Waals surface area contributed by atoms with Crippen molar-refractivity contribution in [3.05, 3.63) is 59.7 Å². The van der Waals surface area contributed by atoms with Gasteiger partial charge in [0, 0.05) is 0 Å². The molecule has 0 spiro atoms. The minimum atomic E-state index is -0.591. The summed E-state index contributed by atoms with van der Waals surface area (Å²) in [4.78, 5) is 43.5. The molecule has 0 aliphatic rings. The van der Waals surface area contributed by atoms with Crippen LogP contribution < -0.4 is 4.74 Å². The molecule has 7 heteroatoms. The van der Waals surface area contributed by atoms with E-state index < -0.39 is 23.1 Å². The SMILES string of the molecule is CC(C)(C)OOC(=O)c1ccc(Oc2ccc(C(=O)OOC(C)(C)C)cc2)cc1. The van der Waals surface area contributed by atoms with Gasteiger partial charge in [0.1, 0.15) is 22.7 Å². The van der Waals surface area contributed by atoms with Gasteiger partial charge in [-0.05, 0) is 90.1 Å². The molecule has 2 rings (SSSR count). The Balaban J connectivity index is 1.93. The van der Waals surface area contributed by atoms with Gasteiger partial charge >= 0.3 is 11.9 Å². The lowest BCUT2D eigenvalue weighted by atomic mass is 10.2. The molecule has 2 aromatic carbocycles. The number of rotatable bonds is 6. The molecule has 0 saturated heterocycles. The average molecular weight is 402 g/mol. The molecule has 0 aliphatic heterocycles. The van der Waals surface area contributed by atoms with Crippen LogP contribution in [0.25, 0.3) is 0 Å². The van der Waals surface area contributed by atoms with Crippen molar-refractivity contribution < 1.29 is 33.9 Å². The fourth-order valence-corrected chi connectivity index (χ4v) is 1.88. The molecular weight excluding hydrogens is 376 g/mol. The van der Waals surface area contributed by atoms with Crippen molar-refractivity contribution in [3.63, 3.8) is 0 Å². The van der Waals surface area contributed by atoms with Crippen molar-refractivity contribution in [3.8, 4) is 11.5 Å². The highest BCUT2D eigenvalue weighted by Gasteiger charge is 2.18. The van der Waals surface area contributed by atoms with E-state index in [9.17, 15) is 9.59 Å². The first kappa shape index (κ1) is 22.4. The number of benzene rings is 2. The first-order valence-corrected chi connectivity index (χ1v) is 9.11. The van der Waals surface area contributed by atoms with Crippen LogP contribution in [0.15, 0.2) is 48.5 Å². The van der Waals surface area contributed by atoms with E-state index in [0.29, 0.717) is 22.6 Å². The summed E-state index contributed by atoms with van der Waals surface area (Å²) < 4.78 is 5.71. The molecule has 0 N–H and O–H groups in total. The van der Waals surface area contributed by atoms with E-state index in [1.807, 2.05) is 0 Å². The van der Waals surface area contributed by atoms with E-state index >= 15 is 0 Å². The van der Waals surface area contributed by atoms with Crippen molar-refractivity contribution in [2.45, 2.75) is 52.7 Å². The highest BCUT2D eigenvalue weighted by molar-refractivity contribution is 5.89. The number of ether oxygens (including phenoxy) is 1. The van der Waals surface area contributed by atoms with Crippen molar-refractivity contribution in [1.29, 1.82) is 0 Å². The third-order valence-electron chi connectivity index (χ3n) is 3.15. The molecular formula is C22H26O7. The standard InChI is InChI=1S/C22H26O7/c1-21(2,3)28-26-19(23)15-7-11-17(12-8-15)25-18-13-9-16(10-14-18)20(24)27-29-22(4,5)6/h7-14H,1-6H3. The predicted octanol–water partition coefficient (Wildman–Crippen LogP) is 5.25. The molecule has 29 heavy (non-hydrogen) atoms. The summed E-state index contributed by atoms with van der Waals surface area (Å²) in [6, 6.07) is 12.8. The zero-order valence-electron chi connectivity index (χ0n) is 17.5. The highest BCUT2D eigenvalue weighted by Crippen LogP contribution is 2.23. The Hall–Kier alpha value is -2.90. The van der Waals surface area contributed by atoms with Crippen LogP contribution in [0, 0.1) is 0 Å². The van der Waals surface area contributed by atoms with E-state index in [2.05, 4.69) is 0 Å². The van der Waals surface area contributed by atoms with Crippen LogP contribution >= 0.6 is 0 Å². The zero-order chi connectivity index (χ0) is 21.7. The monoisotopic (exact) mass is 402 g/mol. The van der Waals surface area contributed by atoms with E-state index in [0.717, 1.165) is 0 Å². The van der Waals surface area contributed by atoms with Gasteiger partial charge in [-0.15, -0.1) is 0 Å². The Morgan fingerprint density at radius 2 is 0.897 bits per heavy atom. The van der Waals surface area contributed by atoms with Crippen LogP contribution in [0.5, 0.6) is 11.5 Å². The molecule has 0 aromatic heterocycles. The molecule has 156 valence electrons. The predicted molar refractivity (Wildman–Crippen MR) is 105 cm³/mol. The third kappa shape index (κ3) is 7.93. The average Bonchev–Trinajstić information content (AvgIpc) is 2.64. The van der Waals surface area contributed by atoms with Crippen molar-refractivity contribution in [2.24, 2.45) is 0 Å². The maximum absolute atomic E-state index is 11.9. The Morgan fingerprint density at radius 3 is 1.17 bits per heavy atom. The van der Waals surface area contributed by atoms with Gasteiger partial charge in [-0.1, -0.05) is 0 Å². The molecule has 2 aromatic rings. The minimum absolute atomic E-state index is 0.332. The first-order chi connectivity index (χ1) is 13.4. The van der Waals surface area contributed by atoms with Gasteiger partial charge in [-0.3, -0.25) is 9.78 Å². The number of hydrogen-bond donors (Lipinski definition) is 0. The quantitative estimate of drug-likeness (QED) is 0.482. The number of carbonyl (C=O) groups is 2. The molecule has 0 fully saturated rings. The summed E-state index contributed by atoms with van der Waals surface area (Å²) >= 11 is 0. The second-order valence-corrected chi connectivity index (χ2v) is 8.28. The molecule has 0 radical (unpaired) electrons. The summed E-state index contributed by atoms with van der Waals surface area (Å²) in [6.07, 6.45) is 0. The summed E-state index contributed by atoms with van der Waals surface area (Å²) in [5.41, 5.74) is -0.510. The maximum atomic E-state index is 11.9. The van der Waals surface area contributed by atoms with E-state index in [-0.39, 0.29) is 0 Å². The molecule has 0 aliphatic carbocycles. The Labute approximate surface area is 170 Å². The Morgan fingerprint density at radius 1 is 0.586 bits per heavy atom. The van der Waals surface area contributed by atoms with Gasteiger partial charge in [0.2, 0.25) is 0 Å². The lowest BCUT2D eigenvalue weighted by Gasteiger charge is -2.16. The van der Waals surface area contributed by atoms with Crippen LogP contribution in [-0.4, -0.2) is 23.1 Å². The summed E-state index contributed by atoms with van der Waals surface area (Å²) in [5, 5.41) is 0. The first-order valence-electron chi connectivity index (χ1n) is 9.11. The fraction of sp³-hybridized carbons (Fsp3) is 0.364. The van der Waals surface area contributed by atoms with Crippen LogP contribution in [0.1, 0.15) is 62.3 Å². The molecule has 0 atom stereocenters. The summed E-state index contributed by atoms with van der Waals surface area (Å²) in [6.45, 7) is 10.7. The molecule has 0 saturated carbocycles. The van der Waals surface area contributed by atoms with Crippen LogP contribution in [-0.2, 0) is 19.6 Å². The minimum Gasteiger partial charge on any atom is -0.457 e. The summed E-state index contributed by atoms with van der Waals surface area (Å²) in [7, 11) is 0. The van der Waals surface area contributed by atoms with Crippen molar-refractivity contribution >= 4 is 11.9 Å². The maximum Gasteiger partial charge on any atom is 0.373 e. The van der Waals surface area contributed by atoms with Crippen molar-refractivity contribution in [2.75, 3.05) is 0 Å². The van der Waals surface area contributed by atoms with E-state index in [1.165, 1.54) is 0 Å². The lowest BCUT2D eigenvalue weighted by molar-refractivity contribution is -0.301. The smallest absolute Gasteiger partial charge is 0.373 e. The van der Waals surface area contributed by atoms with Gasteiger partial charge in [-0.2, -0.15) is 9.78 Å². The molecule has 0 unspecified atom stereocenters. The molecule has 0 heterocycles. The van der Waals surface area contributed by atoms with Gasteiger partial charge in [0.25, 0.3) is 0 Å². The van der Waals surface area contributed by atoms with Gasteiger partial charge in [0.05, 0.1) is 11.1 Å². The second kappa shape index (κ2) is 9.07. The normalized spacial score (nSPS) is 11.7. The second-order valence-electron chi connectivity index (χ2n) is 8.28. The third-order valence-corrected chi connectivity index (χ3v) is 3.15. The zero-order valence-corrected chi connectivity index (χ0v) is 17.5. The van der Waals surface area contributed by atoms with Crippen LogP contribution in [0.4, 0.5) is 0 Å². The van der Waals surface area contributed by atoms with E-state index in [4.69, 9.17) is 24.3 Å². The van der Waals surface area contributed by atoms with Gasteiger partial charge in [0.15, 0.2) is 0 Å². The molecule has 7 nitrogen and oxygen atoms in total. The van der Waals surface area contributed by atoms with Gasteiger partial charge in [-0.25, -0.2) is 9.59 Å². The largest absolute Gasteiger partial charge is 0.457 e. The fourth-order valence-electron chi connectivity index (χ4n) is 1.88. The Bertz CT molecular complexity index is 754. The highest BCUT2D eigenvalue weighted by atomic mass is 17.2. The lowest BCUT2D eigenvalue weighted by Crippen LogP contribution is -2.21. The number of carbonyl (C=O) groups excluding carboxylic acids is 2. The van der Waals surface area contributed by atoms with Crippen molar-refractivity contribution in [1.82, 2.24) is 0 Å². The van der Waals surface area contributed by atoms with E-state index in [1.54, 1.807) is 90.1 Å². The topological polar surface area (TPSA) is 80.3 Å².